The Hall–Kier alpha value is -1.10. The summed E-state index contributed by atoms with van der Waals surface area (Å²) in [6, 6.07) is 0. The van der Waals surface area contributed by atoms with Crippen LogP contribution in [-0.2, 0) is 9.53 Å². The van der Waals surface area contributed by atoms with Gasteiger partial charge in [0.15, 0.2) is 0 Å². The van der Waals surface area contributed by atoms with Gasteiger partial charge in [0.2, 0.25) is 0 Å². The fourth-order valence-corrected chi connectivity index (χ4v) is 3.23. The number of ketones is 1. The molecule has 172 valence electrons. The number of carbonyl (C=O) groups is 2. The van der Waals surface area contributed by atoms with E-state index in [1.165, 1.54) is 44.9 Å². The first-order valence-corrected chi connectivity index (χ1v) is 12.3. The number of alkyl carbamates (subject to hydrolysis) is 1. The fraction of sp³-hybridized carbons (Fsp3) is 0.917. The first-order valence-electron chi connectivity index (χ1n) is 12.3. The molecule has 5 heteroatoms. The molecule has 0 aliphatic rings. The molecular weight excluding hydrogens is 364 g/mol. The van der Waals surface area contributed by atoms with E-state index in [0.717, 1.165) is 64.5 Å². The summed E-state index contributed by atoms with van der Waals surface area (Å²) in [6.07, 6.45) is 16.9. The molecule has 0 unspecified atom stereocenters. The second kappa shape index (κ2) is 23.2. The molecule has 0 radical (unpaired) electrons. The summed E-state index contributed by atoms with van der Waals surface area (Å²) in [5.74, 6) is 0.381. The monoisotopic (exact) mass is 412 g/mol. The van der Waals surface area contributed by atoms with Crippen molar-refractivity contribution in [2.45, 2.75) is 117 Å². The number of nitrogens with one attached hydrogen (secondary N) is 2. The maximum Gasteiger partial charge on any atom is 0.407 e. The van der Waals surface area contributed by atoms with Gasteiger partial charge in [-0.25, -0.2) is 4.79 Å². The van der Waals surface area contributed by atoms with E-state index in [1.807, 2.05) is 0 Å². The maximum absolute atomic E-state index is 11.7. The van der Waals surface area contributed by atoms with Crippen LogP contribution in [0.15, 0.2) is 0 Å². The molecule has 0 rings (SSSR count). The number of Topliss-reactive ketones (excluding diaryl/α,β-unsaturated/α-hetero) is 1. The van der Waals surface area contributed by atoms with Crippen LogP contribution in [0.25, 0.3) is 0 Å². The maximum atomic E-state index is 11.7. The molecular formula is C24H48N2O3. The van der Waals surface area contributed by atoms with Crippen LogP contribution in [0.5, 0.6) is 0 Å². The van der Waals surface area contributed by atoms with Crippen molar-refractivity contribution in [3.63, 3.8) is 0 Å². The molecule has 0 saturated heterocycles. The van der Waals surface area contributed by atoms with Gasteiger partial charge in [-0.2, -0.15) is 0 Å². The average molecular weight is 413 g/mol. The molecule has 0 saturated carbocycles. The summed E-state index contributed by atoms with van der Waals surface area (Å²) < 4.78 is 5.19. The molecule has 0 atom stereocenters. The number of amides is 1. The van der Waals surface area contributed by atoms with E-state index in [4.69, 9.17) is 4.74 Å². The van der Waals surface area contributed by atoms with Crippen LogP contribution in [0.2, 0.25) is 0 Å². The molecule has 0 aromatic carbocycles. The highest BCUT2D eigenvalue weighted by molar-refractivity contribution is 5.78. The summed E-state index contributed by atoms with van der Waals surface area (Å²) in [4.78, 5) is 23.3. The number of unbranched alkanes of at least 4 members (excludes halogenated alkanes) is 10. The molecule has 2 N–H and O–H groups in total. The Kier molecular flexibility index (Phi) is 22.3. The predicted molar refractivity (Wildman–Crippen MR) is 122 cm³/mol. The lowest BCUT2D eigenvalue weighted by atomic mass is 10.1. The first kappa shape index (κ1) is 27.9. The van der Waals surface area contributed by atoms with Gasteiger partial charge in [-0.05, 0) is 58.0 Å². The summed E-state index contributed by atoms with van der Waals surface area (Å²) in [5.41, 5.74) is 0. The molecule has 0 aromatic heterocycles. The van der Waals surface area contributed by atoms with E-state index in [0.29, 0.717) is 25.4 Å². The molecule has 0 aliphatic heterocycles. The van der Waals surface area contributed by atoms with E-state index in [-0.39, 0.29) is 6.09 Å². The van der Waals surface area contributed by atoms with Crippen molar-refractivity contribution in [3.8, 4) is 0 Å². The van der Waals surface area contributed by atoms with Gasteiger partial charge in [0, 0.05) is 19.4 Å². The van der Waals surface area contributed by atoms with Crippen LogP contribution in [-0.4, -0.2) is 38.1 Å². The molecule has 1 amide bonds. The topological polar surface area (TPSA) is 67.4 Å². The number of ether oxygens (including phenoxy) is 1. The summed E-state index contributed by atoms with van der Waals surface area (Å²) in [6.45, 7) is 7.73. The van der Waals surface area contributed by atoms with E-state index in [2.05, 4.69) is 24.5 Å². The molecule has 0 aliphatic carbocycles. The summed E-state index contributed by atoms with van der Waals surface area (Å²) in [5, 5.41) is 6.29. The Balaban J connectivity index is 3.25. The molecule has 5 nitrogen and oxygen atoms in total. The number of carbonyl (C=O) groups excluding carboxylic acids is 2. The standard InChI is InChI=1S/C24H48N2O3/c1-3-5-7-11-17-23(27)18-12-9-16-22-29-24(28)26-21-15-10-14-20-25-19-13-8-6-4-2/h25H,3-22H2,1-2H3,(H,26,28). The summed E-state index contributed by atoms with van der Waals surface area (Å²) in [7, 11) is 0. The van der Waals surface area contributed by atoms with Crippen LogP contribution >= 0.6 is 0 Å². The lowest BCUT2D eigenvalue weighted by molar-refractivity contribution is -0.119. The Labute approximate surface area is 180 Å². The molecule has 0 spiro atoms. The second-order valence-corrected chi connectivity index (χ2v) is 8.09. The van der Waals surface area contributed by atoms with Gasteiger partial charge in [-0.3, -0.25) is 4.79 Å². The zero-order valence-corrected chi connectivity index (χ0v) is 19.4. The van der Waals surface area contributed by atoms with Crippen LogP contribution in [0, 0.1) is 0 Å². The van der Waals surface area contributed by atoms with Crippen molar-refractivity contribution in [1.82, 2.24) is 10.6 Å². The van der Waals surface area contributed by atoms with Crippen molar-refractivity contribution in [3.05, 3.63) is 0 Å². The Bertz CT molecular complexity index is 375. The van der Waals surface area contributed by atoms with E-state index < -0.39 is 0 Å². The zero-order chi connectivity index (χ0) is 21.4. The largest absolute Gasteiger partial charge is 0.450 e. The van der Waals surface area contributed by atoms with Gasteiger partial charge in [0.05, 0.1) is 6.61 Å². The molecule has 0 heterocycles. The predicted octanol–water partition coefficient (Wildman–Crippen LogP) is 6.15. The lowest BCUT2D eigenvalue weighted by Crippen LogP contribution is -2.25. The summed E-state index contributed by atoms with van der Waals surface area (Å²) >= 11 is 0. The normalized spacial score (nSPS) is 10.8. The van der Waals surface area contributed by atoms with Crippen molar-refractivity contribution in [2.24, 2.45) is 0 Å². The smallest absolute Gasteiger partial charge is 0.407 e. The van der Waals surface area contributed by atoms with Gasteiger partial charge in [-0.15, -0.1) is 0 Å². The van der Waals surface area contributed by atoms with E-state index in [9.17, 15) is 9.59 Å². The SMILES string of the molecule is CCCCCCNCCCCCNC(=O)OCCCCCC(=O)CCCCCC. The van der Waals surface area contributed by atoms with Gasteiger partial charge >= 0.3 is 6.09 Å². The highest BCUT2D eigenvalue weighted by Crippen LogP contribution is 2.08. The number of rotatable bonds is 22. The quantitative estimate of drug-likeness (QED) is 0.209. The minimum atomic E-state index is -0.314. The van der Waals surface area contributed by atoms with Crippen LogP contribution in [0.4, 0.5) is 4.79 Å². The first-order chi connectivity index (χ1) is 14.2. The molecule has 0 bridgehead atoms. The van der Waals surface area contributed by atoms with Crippen LogP contribution in [0.3, 0.4) is 0 Å². The van der Waals surface area contributed by atoms with Crippen molar-refractivity contribution in [2.75, 3.05) is 26.2 Å². The third-order valence-corrected chi connectivity index (χ3v) is 5.15. The van der Waals surface area contributed by atoms with Crippen molar-refractivity contribution >= 4 is 11.9 Å². The lowest BCUT2D eigenvalue weighted by Gasteiger charge is -2.07. The third kappa shape index (κ3) is 23.0. The zero-order valence-electron chi connectivity index (χ0n) is 19.4. The molecule has 29 heavy (non-hydrogen) atoms. The van der Waals surface area contributed by atoms with Crippen molar-refractivity contribution < 1.29 is 14.3 Å². The van der Waals surface area contributed by atoms with Crippen LogP contribution < -0.4 is 10.6 Å². The van der Waals surface area contributed by atoms with Gasteiger partial charge in [0.25, 0.3) is 0 Å². The van der Waals surface area contributed by atoms with E-state index >= 15 is 0 Å². The fourth-order valence-electron chi connectivity index (χ4n) is 3.23. The highest BCUT2D eigenvalue weighted by atomic mass is 16.5. The van der Waals surface area contributed by atoms with E-state index in [1.54, 1.807) is 0 Å². The minimum absolute atomic E-state index is 0.314. The average Bonchev–Trinajstić information content (AvgIpc) is 2.72. The molecule has 0 aromatic rings. The molecule has 0 fully saturated rings. The van der Waals surface area contributed by atoms with Gasteiger partial charge < -0.3 is 15.4 Å². The van der Waals surface area contributed by atoms with Crippen LogP contribution in [0.1, 0.15) is 117 Å². The number of hydrogen-bond donors (Lipinski definition) is 2. The van der Waals surface area contributed by atoms with Gasteiger partial charge in [0.1, 0.15) is 5.78 Å². The number of hydrogen-bond acceptors (Lipinski definition) is 4. The highest BCUT2D eigenvalue weighted by Gasteiger charge is 2.03. The minimum Gasteiger partial charge on any atom is -0.450 e. The van der Waals surface area contributed by atoms with Crippen molar-refractivity contribution in [1.29, 1.82) is 0 Å². The Morgan fingerprint density at radius 2 is 1.14 bits per heavy atom. The third-order valence-electron chi connectivity index (χ3n) is 5.15. The Morgan fingerprint density at radius 3 is 1.76 bits per heavy atom. The Morgan fingerprint density at radius 1 is 0.621 bits per heavy atom. The second-order valence-electron chi connectivity index (χ2n) is 8.09. The van der Waals surface area contributed by atoms with Gasteiger partial charge in [-0.1, -0.05) is 58.8 Å².